The minimum Gasteiger partial charge on any atom is -0.485 e. The standard InChI is InChI=1S/C16H21N3O/c1-4-17-14-9-16(13-10-18-19(3)11(13)2)20-15-8-6-5-7-12(14)15/h5-8,10,14,16-17H,4,9H2,1-3H3. The van der Waals surface area contributed by atoms with Gasteiger partial charge in [0.15, 0.2) is 0 Å². The molecule has 2 unspecified atom stereocenters. The third-order valence-corrected chi connectivity index (χ3v) is 4.08. The first-order valence-corrected chi connectivity index (χ1v) is 7.18. The quantitative estimate of drug-likeness (QED) is 0.933. The van der Waals surface area contributed by atoms with Gasteiger partial charge in [0, 0.05) is 36.3 Å². The summed E-state index contributed by atoms with van der Waals surface area (Å²) >= 11 is 0. The molecule has 2 aromatic rings. The fourth-order valence-electron chi connectivity index (χ4n) is 2.88. The zero-order valence-corrected chi connectivity index (χ0v) is 12.3. The van der Waals surface area contributed by atoms with E-state index in [4.69, 9.17) is 4.74 Å². The van der Waals surface area contributed by atoms with Crippen LogP contribution in [-0.2, 0) is 7.05 Å². The third kappa shape index (κ3) is 2.20. The molecule has 1 aromatic heterocycles. The normalized spacial score (nSPS) is 21.4. The van der Waals surface area contributed by atoms with E-state index in [1.54, 1.807) is 0 Å². The molecule has 20 heavy (non-hydrogen) atoms. The molecule has 1 aliphatic heterocycles. The lowest BCUT2D eigenvalue weighted by atomic mass is 9.93. The number of nitrogens with one attached hydrogen (secondary N) is 1. The van der Waals surface area contributed by atoms with Crippen molar-refractivity contribution in [3.8, 4) is 5.75 Å². The van der Waals surface area contributed by atoms with Gasteiger partial charge in [0.2, 0.25) is 0 Å². The maximum atomic E-state index is 6.20. The van der Waals surface area contributed by atoms with E-state index in [0.29, 0.717) is 6.04 Å². The van der Waals surface area contributed by atoms with Crippen molar-refractivity contribution in [1.29, 1.82) is 0 Å². The van der Waals surface area contributed by atoms with Gasteiger partial charge in [-0.1, -0.05) is 25.1 Å². The average Bonchev–Trinajstić information content (AvgIpc) is 2.79. The Morgan fingerprint density at radius 2 is 2.15 bits per heavy atom. The Bertz CT molecular complexity index is 606. The summed E-state index contributed by atoms with van der Waals surface area (Å²) in [4.78, 5) is 0. The highest BCUT2D eigenvalue weighted by atomic mass is 16.5. The van der Waals surface area contributed by atoms with E-state index in [0.717, 1.165) is 18.7 Å². The molecule has 0 saturated heterocycles. The minimum absolute atomic E-state index is 0.0719. The van der Waals surface area contributed by atoms with Gasteiger partial charge in [-0.15, -0.1) is 0 Å². The predicted octanol–water partition coefficient (Wildman–Crippen LogP) is 2.90. The molecular weight excluding hydrogens is 250 g/mol. The van der Waals surface area contributed by atoms with Crippen molar-refractivity contribution in [2.75, 3.05) is 6.54 Å². The van der Waals surface area contributed by atoms with Crippen LogP contribution in [0.25, 0.3) is 0 Å². The van der Waals surface area contributed by atoms with Crippen LogP contribution in [0.15, 0.2) is 30.5 Å². The first-order valence-electron chi connectivity index (χ1n) is 7.18. The van der Waals surface area contributed by atoms with E-state index < -0.39 is 0 Å². The summed E-state index contributed by atoms with van der Waals surface area (Å²) in [5, 5.41) is 7.89. The number of hydrogen-bond acceptors (Lipinski definition) is 3. The Morgan fingerprint density at radius 3 is 2.85 bits per heavy atom. The SMILES string of the molecule is CCNC1CC(c2cnn(C)c2C)Oc2ccccc21. The van der Waals surface area contributed by atoms with Crippen LogP contribution in [0, 0.1) is 6.92 Å². The van der Waals surface area contributed by atoms with Crippen LogP contribution in [0.3, 0.4) is 0 Å². The smallest absolute Gasteiger partial charge is 0.129 e. The Morgan fingerprint density at radius 1 is 1.35 bits per heavy atom. The summed E-state index contributed by atoms with van der Waals surface area (Å²) in [6, 6.07) is 8.64. The lowest BCUT2D eigenvalue weighted by Crippen LogP contribution is -2.29. The van der Waals surface area contributed by atoms with Crippen molar-refractivity contribution < 1.29 is 4.74 Å². The summed E-state index contributed by atoms with van der Waals surface area (Å²) in [7, 11) is 1.97. The number of nitrogens with zero attached hydrogens (tertiary/aromatic N) is 2. The zero-order valence-electron chi connectivity index (χ0n) is 12.3. The largest absolute Gasteiger partial charge is 0.485 e. The molecule has 2 atom stereocenters. The van der Waals surface area contributed by atoms with Crippen LogP contribution in [0.5, 0.6) is 5.75 Å². The molecule has 4 nitrogen and oxygen atoms in total. The summed E-state index contributed by atoms with van der Waals surface area (Å²) in [5.41, 5.74) is 3.61. The number of rotatable bonds is 3. The zero-order chi connectivity index (χ0) is 14.1. The van der Waals surface area contributed by atoms with Crippen molar-refractivity contribution in [3.63, 3.8) is 0 Å². The molecular formula is C16H21N3O. The van der Waals surface area contributed by atoms with Crippen LogP contribution >= 0.6 is 0 Å². The van der Waals surface area contributed by atoms with Gasteiger partial charge in [0.25, 0.3) is 0 Å². The van der Waals surface area contributed by atoms with Gasteiger partial charge in [-0.2, -0.15) is 5.10 Å². The molecule has 3 rings (SSSR count). The van der Waals surface area contributed by atoms with Gasteiger partial charge in [-0.05, 0) is 19.5 Å². The number of fused-ring (bicyclic) bond motifs is 1. The molecule has 2 heterocycles. The van der Waals surface area contributed by atoms with Crippen LogP contribution in [0.1, 0.15) is 42.3 Å². The number of hydrogen-bond donors (Lipinski definition) is 1. The monoisotopic (exact) mass is 271 g/mol. The number of para-hydroxylation sites is 1. The maximum absolute atomic E-state index is 6.20. The fraction of sp³-hybridized carbons (Fsp3) is 0.438. The van der Waals surface area contributed by atoms with E-state index in [1.165, 1.54) is 16.8 Å². The predicted molar refractivity (Wildman–Crippen MR) is 78.8 cm³/mol. The molecule has 0 fully saturated rings. The molecule has 1 aromatic carbocycles. The van der Waals surface area contributed by atoms with Crippen molar-refractivity contribution in [2.24, 2.45) is 7.05 Å². The molecule has 0 radical (unpaired) electrons. The second-order valence-corrected chi connectivity index (χ2v) is 5.30. The topological polar surface area (TPSA) is 39.1 Å². The molecule has 1 aliphatic rings. The average molecular weight is 271 g/mol. The lowest BCUT2D eigenvalue weighted by Gasteiger charge is -2.32. The van der Waals surface area contributed by atoms with Crippen molar-refractivity contribution in [2.45, 2.75) is 32.4 Å². The van der Waals surface area contributed by atoms with Gasteiger partial charge < -0.3 is 10.1 Å². The van der Waals surface area contributed by atoms with Gasteiger partial charge >= 0.3 is 0 Å². The molecule has 106 valence electrons. The number of ether oxygens (including phenoxy) is 1. The van der Waals surface area contributed by atoms with Gasteiger partial charge in [0.1, 0.15) is 11.9 Å². The van der Waals surface area contributed by atoms with Crippen molar-refractivity contribution in [3.05, 3.63) is 47.3 Å². The van der Waals surface area contributed by atoms with E-state index in [9.17, 15) is 0 Å². The number of aryl methyl sites for hydroxylation is 1. The highest BCUT2D eigenvalue weighted by Crippen LogP contribution is 2.41. The minimum atomic E-state index is 0.0719. The highest BCUT2D eigenvalue weighted by molar-refractivity contribution is 5.39. The Balaban J connectivity index is 1.95. The van der Waals surface area contributed by atoms with Crippen LogP contribution in [0.4, 0.5) is 0 Å². The summed E-state index contributed by atoms with van der Waals surface area (Å²) in [6.07, 6.45) is 2.94. The molecule has 0 saturated carbocycles. The maximum Gasteiger partial charge on any atom is 0.129 e. The Kier molecular flexibility index (Phi) is 3.49. The Labute approximate surface area is 119 Å². The lowest BCUT2D eigenvalue weighted by molar-refractivity contribution is 0.151. The van der Waals surface area contributed by atoms with Crippen molar-refractivity contribution >= 4 is 0 Å². The van der Waals surface area contributed by atoms with Crippen molar-refractivity contribution in [1.82, 2.24) is 15.1 Å². The third-order valence-electron chi connectivity index (χ3n) is 4.08. The molecule has 0 spiro atoms. The van der Waals surface area contributed by atoms with E-state index in [1.807, 2.05) is 24.0 Å². The Hall–Kier alpha value is -1.81. The first kappa shape index (κ1) is 13.2. The second-order valence-electron chi connectivity index (χ2n) is 5.30. The number of benzene rings is 1. The second kappa shape index (κ2) is 5.29. The van der Waals surface area contributed by atoms with E-state index in [2.05, 4.69) is 42.5 Å². The van der Waals surface area contributed by atoms with Crippen LogP contribution in [0.2, 0.25) is 0 Å². The summed E-state index contributed by atoms with van der Waals surface area (Å²) < 4.78 is 8.10. The van der Waals surface area contributed by atoms with Gasteiger partial charge in [0.05, 0.1) is 6.20 Å². The molecule has 0 bridgehead atoms. The van der Waals surface area contributed by atoms with Crippen LogP contribution in [-0.4, -0.2) is 16.3 Å². The molecule has 0 amide bonds. The fourth-order valence-corrected chi connectivity index (χ4v) is 2.88. The summed E-state index contributed by atoms with van der Waals surface area (Å²) in [6.45, 7) is 5.19. The summed E-state index contributed by atoms with van der Waals surface area (Å²) in [5.74, 6) is 0.984. The molecule has 0 aliphatic carbocycles. The first-order chi connectivity index (χ1) is 9.70. The molecule has 4 heteroatoms. The molecule has 1 N–H and O–H groups in total. The van der Waals surface area contributed by atoms with E-state index in [-0.39, 0.29) is 6.10 Å². The van der Waals surface area contributed by atoms with E-state index >= 15 is 0 Å². The highest BCUT2D eigenvalue weighted by Gasteiger charge is 2.30. The van der Waals surface area contributed by atoms with Gasteiger partial charge in [-0.25, -0.2) is 0 Å². The number of aromatic nitrogens is 2. The van der Waals surface area contributed by atoms with Crippen LogP contribution < -0.4 is 10.1 Å². The van der Waals surface area contributed by atoms with Gasteiger partial charge in [-0.3, -0.25) is 4.68 Å².